The first kappa shape index (κ1) is 102. The third-order valence-corrected chi connectivity index (χ3v) is 19.6. The second kappa shape index (κ2) is 78.8. The summed E-state index contributed by atoms with van der Waals surface area (Å²) < 4.78 is 68.8. The van der Waals surface area contributed by atoms with Crippen molar-refractivity contribution >= 4 is 39.5 Å². The quantitative estimate of drug-likeness (QED) is 0.0169. The molecular weight excluding hydrogens is 1380 g/mol. The van der Waals surface area contributed by atoms with E-state index < -0.39 is 97.5 Å². The summed E-state index contributed by atoms with van der Waals surface area (Å²) in [6.45, 7) is 4.66. The van der Waals surface area contributed by atoms with E-state index in [9.17, 15) is 43.2 Å². The standard InChI is InChI=1S/C87H152O17P2/c1-5-9-13-17-21-25-29-33-37-39-40-42-46-48-52-56-60-64-68-72-85(90)98-78-83(104-87(92)74-70-66-62-58-54-50-44-36-32-28-24-20-16-12-8-4)80-102-106(95,96)100-76-81(88)75-99-105(93,94)101-79-82(103-86(91)73-69-65-61-57-53-49-43-35-31-27-23-19-15-11-7-3)77-97-84(89)71-67-63-59-55-51-47-45-41-38-34-30-26-22-18-14-10-6-2/h9-10,13-14,21-22,25-26,33-35,37-38,40,42-43,45,47,81-83,88H,5-8,11-12,15-20,23-24,27-32,36,39,41,44,46,48-80H2,1-4H3,(H,93,94)(H,95,96)/b13-9-,14-10-,25-21-,26-22-,37-33-,38-34-,42-40-,43-35-,47-45-. The van der Waals surface area contributed by atoms with Gasteiger partial charge in [0.15, 0.2) is 12.2 Å². The van der Waals surface area contributed by atoms with E-state index in [1.165, 1.54) is 103 Å². The van der Waals surface area contributed by atoms with Crippen LogP contribution >= 0.6 is 15.6 Å². The van der Waals surface area contributed by atoms with E-state index >= 15 is 0 Å². The molecule has 612 valence electrons. The highest BCUT2D eigenvalue weighted by atomic mass is 31.2. The summed E-state index contributed by atoms with van der Waals surface area (Å²) in [4.78, 5) is 73.2. The van der Waals surface area contributed by atoms with Gasteiger partial charge in [-0.25, -0.2) is 9.13 Å². The van der Waals surface area contributed by atoms with E-state index in [2.05, 4.69) is 137 Å². The van der Waals surface area contributed by atoms with Gasteiger partial charge in [-0.05, 0) is 128 Å². The second-order valence-corrected chi connectivity index (χ2v) is 30.9. The number of unbranched alkanes of at least 4 members (excludes halogenated alkanes) is 35. The Balaban J connectivity index is 5.38. The van der Waals surface area contributed by atoms with Gasteiger partial charge in [-0.1, -0.05) is 317 Å². The molecule has 0 rings (SSSR count). The fraction of sp³-hybridized carbons (Fsp3) is 0.747. The van der Waals surface area contributed by atoms with Crippen molar-refractivity contribution in [3.8, 4) is 0 Å². The summed E-state index contributed by atoms with van der Waals surface area (Å²) in [5, 5.41) is 10.7. The van der Waals surface area contributed by atoms with Crippen molar-refractivity contribution < 1.29 is 80.2 Å². The minimum absolute atomic E-state index is 0.0795. The molecule has 0 saturated heterocycles. The molecule has 0 spiro atoms. The maximum absolute atomic E-state index is 13.1. The highest BCUT2D eigenvalue weighted by molar-refractivity contribution is 7.47. The van der Waals surface area contributed by atoms with Crippen LogP contribution in [0, 0.1) is 0 Å². The van der Waals surface area contributed by atoms with Crippen LogP contribution in [-0.4, -0.2) is 96.7 Å². The predicted octanol–water partition coefficient (Wildman–Crippen LogP) is 24.9. The summed E-state index contributed by atoms with van der Waals surface area (Å²) >= 11 is 0. The Kier molecular flexibility index (Phi) is 75.6. The molecule has 5 unspecified atom stereocenters. The van der Waals surface area contributed by atoms with Crippen molar-refractivity contribution in [2.45, 2.75) is 380 Å². The molecule has 0 bridgehead atoms. The number of aliphatic hydroxyl groups excluding tert-OH is 1. The van der Waals surface area contributed by atoms with Crippen molar-refractivity contribution in [1.82, 2.24) is 0 Å². The first-order valence-electron chi connectivity index (χ1n) is 42.1. The molecule has 0 aliphatic heterocycles. The Hall–Kier alpha value is -4.28. The fourth-order valence-electron chi connectivity index (χ4n) is 11.4. The number of carbonyl (C=O) groups excluding carboxylic acids is 4. The molecule has 0 amide bonds. The normalized spacial score (nSPS) is 14.4. The van der Waals surface area contributed by atoms with Crippen LogP contribution in [0.5, 0.6) is 0 Å². The lowest BCUT2D eigenvalue weighted by atomic mass is 10.0. The van der Waals surface area contributed by atoms with E-state index in [0.29, 0.717) is 25.7 Å². The Morgan fingerprint density at radius 1 is 0.274 bits per heavy atom. The molecule has 3 N–H and O–H groups in total. The van der Waals surface area contributed by atoms with Gasteiger partial charge in [-0.15, -0.1) is 0 Å². The molecule has 0 aromatic heterocycles. The third-order valence-electron chi connectivity index (χ3n) is 17.7. The Morgan fingerprint density at radius 3 is 0.764 bits per heavy atom. The molecule has 0 aromatic carbocycles. The fourth-order valence-corrected chi connectivity index (χ4v) is 13.0. The topological polar surface area (TPSA) is 237 Å². The van der Waals surface area contributed by atoms with Crippen molar-refractivity contribution in [2.24, 2.45) is 0 Å². The van der Waals surface area contributed by atoms with Crippen LogP contribution in [0.25, 0.3) is 0 Å². The number of rotatable bonds is 79. The molecule has 0 heterocycles. The lowest BCUT2D eigenvalue weighted by molar-refractivity contribution is -0.161. The largest absolute Gasteiger partial charge is 0.472 e. The van der Waals surface area contributed by atoms with Crippen LogP contribution in [-0.2, 0) is 65.4 Å². The Labute approximate surface area is 645 Å². The van der Waals surface area contributed by atoms with Crippen LogP contribution in [0.15, 0.2) is 109 Å². The van der Waals surface area contributed by atoms with Gasteiger partial charge in [-0.2, -0.15) is 0 Å². The highest BCUT2D eigenvalue weighted by Gasteiger charge is 2.30. The van der Waals surface area contributed by atoms with E-state index in [1.807, 2.05) is 0 Å². The molecule has 5 atom stereocenters. The van der Waals surface area contributed by atoms with Gasteiger partial charge in [0, 0.05) is 25.7 Å². The van der Waals surface area contributed by atoms with Gasteiger partial charge >= 0.3 is 39.5 Å². The molecule has 0 fully saturated rings. The zero-order valence-electron chi connectivity index (χ0n) is 67.1. The van der Waals surface area contributed by atoms with Crippen LogP contribution < -0.4 is 0 Å². The number of aliphatic hydroxyl groups is 1. The average Bonchev–Trinajstić information content (AvgIpc) is 0.909. The van der Waals surface area contributed by atoms with Gasteiger partial charge < -0.3 is 33.8 Å². The SMILES string of the molecule is CC/C=C\C/C=C\C/C=C\C/C=C\CCCCCCCCC(=O)OCC(COP(=O)(O)OCC(O)COP(=O)(O)OCC(COC(=O)CCCCCC/C=C\C/C=C\C/C=C\C/C=C\CC)OC(=O)CCCCCCC/C=C\CCCCCCCC)OC(=O)CCCCCCCCCCCCCCCCC. The number of ether oxygens (including phenoxy) is 4. The molecule has 17 nitrogen and oxygen atoms in total. The minimum atomic E-state index is -4.99. The number of phosphoric ester groups is 2. The molecule has 0 radical (unpaired) electrons. The van der Waals surface area contributed by atoms with Crippen LogP contribution in [0.4, 0.5) is 0 Å². The van der Waals surface area contributed by atoms with Gasteiger partial charge in [0.05, 0.1) is 26.4 Å². The van der Waals surface area contributed by atoms with Crippen molar-refractivity contribution in [2.75, 3.05) is 39.6 Å². The number of esters is 4. The minimum Gasteiger partial charge on any atom is -0.462 e. The van der Waals surface area contributed by atoms with Crippen molar-refractivity contribution in [3.63, 3.8) is 0 Å². The lowest BCUT2D eigenvalue weighted by Crippen LogP contribution is -2.30. The summed E-state index contributed by atoms with van der Waals surface area (Å²) in [7, 11) is -9.97. The smallest absolute Gasteiger partial charge is 0.462 e. The van der Waals surface area contributed by atoms with Gasteiger partial charge in [-0.3, -0.25) is 37.3 Å². The number of hydrogen-bond donors (Lipinski definition) is 3. The van der Waals surface area contributed by atoms with E-state index in [-0.39, 0.29) is 25.7 Å². The zero-order chi connectivity index (χ0) is 77.4. The summed E-state index contributed by atoms with van der Waals surface area (Å²) in [5.41, 5.74) is 0. The molecule has 0 aromatic rings. The van der Waals surface area contributed by atoms with E-state index in [1.54, 1.807) is 0 Å². The number of hydrogen-bond acceptors (Lipinski definition) is 15. The maximum atomic E-state index is 13.1. The second-order valence-electron chi connectivity index (χ2n) is 28.0. The lowest BCUT2D eigenvalue weighted by Gasteiger charge is -2.21. The highest BCUT2D eigenvalue weighted by Crippen LogP contribution is 2.45. The first-order valence-corrected chi connectivity index (χ1v) is 45.1. The van der Waals surface area contributed by atoms with Gasteiger partial charge in [0.25, 0.3) is 0 Å². The Morgan fingerprint density at radius 2 is 0.491 bits per heavy atom. The first-order chi connectivity index (χ1) is 51.7. The monoisotopic (exact) mass is 1530 g/mol. The number of allylic oxidation sites excluding steroid dienone is 18. The van der Waals surface area contributed by atoms with Crippen LogP contribution in [0.3, 0.4) is 0 Å². The van der Waals surface area contributed by atoms with E-state index in [4.69, 9.17) is 37.0 Å². The third kappa shape index (κ3) is 77.9. The average molecular weight is 1530 g/mol. The molecular formula is C87H152O17P2. The molecule has 0 aliphatic carbocycles. The van der Waals surface area contributed by atoms with Crippen LogP contribution in [0.2, 0.25) is 0 Å². The Bertz CT molecular complexity index is 2430. The van der Waals surface area contributed by atoms with Gasteiger partial charge in [0.2, 0.25) is 0 Å². The molecule has 0 saturated carbocycles. The van der Waals surface area contributed by atoms with E-state index in [0.717, 1.165) is 180 Å². The molecule has 0 aliphatic rings. The van der Waals surface area contributed by atoms with Crippen molar-refractivity contribution in [3.05, 3.63) is 109 Å². The number of phosphoric acid groups is 2. The summed E-state index contributed by atoms with van der Waals surface area (Å²) in [6, 6.07) is 0. The summed E-state index contributed by atoms with van der Waals surface area (Å²) in [5.74, 6) is -2.20. The number of carbonyl (C=O) groups is 4. The predicted molar refractivity (Wildman–Crippen MR) is 436 cm³/mol. The van der Waals surface area contributed by atoms with Crippen molar-refractivity contribution in [1.29, 1.82) is 0 Å². The summed E-state index contributed by atoms with van der Waals surface area (Å²) in [6.07, 6.45) is 86.2. The molecule has 19 heteroatoms. The van der Waals surface area contributed by atoms with Gasteiger partial charge in [0.1, 0.15) is 19.3 Å². The zero-order valence-corrected chi connectivity index (χ0v) is 68.9. The molecule has 106 heavy (non-hydrogen) atoms. The maximum Gasteiger partial charge on any atom is 0.472 e. The van der Waals surface area contributed by atoms with Crippen LogP contribution in [0.1, 0.15) is 362 Å².